The van der Waals surface area contributed by atoms with Gasteiger partial charge in [0, 0.05) is 5.57 Å². The highest BCUT2D eigenvalue weighted by atomic mass is 16.5. The lowest BCUT2D eigenvalue weighted by molar-refractivity contribution is -0.151. The Balaban J connectivity index is 1.96. The van der Waals surface area contributed by atoms with Crippen LogP contribution in [0.25, 0.3) is 6.08 Å². The number of hydrogen-bond donors (Lipinski definition) is 0. The van der Waals surface area contributed by atoms with Gasteiger partial charge in [0.1, 0.15) is 6.10 Å². The van der Waals surface area contributed by atoms with Crippen molar-refractivity contribution in [1.29, 1.82) is 0 Å². The molecule has 0 spiro atoms. The Morgan fingerprint density at radius 3 is 2.58 bits per heavy atom. The molecule has 2 rings (SSSR count). The third-order valence-electron chi connectivity index (χ3n) is 4.98. The summed E-state index contributed by atoms with van der Waals surface area (Å²) in [5.74, 6) is 1.49. The molecule has 1 saturated carbocycles. The maximum Gasteiger partial charge on any atom is 0.333 e. The summed E-state index contributed by atoms with van der Waals surface area (Å²) in [5, 5.41) is 0. The number of benzene rings is 1. The quantitative estimate of drug-likeness (QED) is 0.397. The number of carbonyl (C=O) groups is 1. The Morgan fingerprint density at radius 1 is 1.21 bits per heavy atom. The van der Waals surface area contributed by atoms with E-state index in [4.69, 9.17) is 4.74 Å². The first-order valence-electron chi connectivity index (χ1n) is 9.08. The van der Waals surface area contributed by atoms with E-state index in [0.717, 1.165) is 18.4 Å². The van der Waals surface area contributed by atoms with Gasteiger partial charge in [-0.25, -0.2) is 4.79 Å². The summed E-state index contributed by atoms with van der Waals surface area (Å²) in [5.41, 5.74) is 1.78. The third-order valence-corrected chi connectivity index (χ3v) is 4.98. The number of carbonyl (C=O) groups excluding carboxylic acids is 1. The van der Waals surface area contributed by atoms with Gasteiger partial charge in [0.2, 0.25) is 0 Å². The lowest BCUT2D eigenvalue weighted by atomic mass is 9.75. The predicted octanol–water partition coefficient (Wildman–Crippen LogP) is 5.65. The number of allylic oxidation sites excluding steroid dienone is 2. The van der Waals surface area contributed by atoms with Crippen molar-refractivity contribution in [3.05, 3.63) is 53.6 Å². The second-order valence-electron chi connectivity index (χ2n) is 7.39. The Bertz CT molecular complexity index is 583. The van der Waals surface area contributed by atoms with E-state index >= 15 is 0 Å². The largest absolute Gasteiger partial charge is 0.459 e. The van der Waals surface area contributed by atoms with Gasteiger partial charge in [-0.1, -0.05) is 75.8 Å². The van der Waals surface area contributed by atoms with Crippen molar-refractivity contribution in [1.82, 2.24) is 0 Å². The van der Waals surface area contributed by atoms with Crippen LogP contribution in [0.1, 0.15) is 52.5 Å². The number of hydrogen-bond acceptors (Lipinski definition) is 2. The molecule has 0 aromatic heterocycles. The topological polar surface area (TPSA) is 26.3 Å². The average molecular weight is 326 g/mol. The van der Waals surface area contributed by atoms with E-state index in [1.165, 1.54) is 6.42 Å². The van der Waals surface area contributed by atoms with Crippen LogP contribution in [0.5, 0.6) is 0 Å². The van der Waals surface area contributed by atoms with Gasteiger partial charge in [-0.05, 0) is 43.1 Å². The molecule has 0 bridgehead atoms. The van der Waals surface area contributed by atoms with E-state index in [2.05, 4.69) is 20.8 Å². The zero-order chi connectivity index (χ0) is 17.5. The maximum atomic E-state index is 12.4. The molecule has 0 radical (unpaired) electrons. The van der Waals surface area contributed by atoms with Gasteiger partial charge in [-0.3, -0.25) is 0 Å². The van der Waals surface area contributed by atoms with Gasteiger partial charge in [0.25, 0.3) is 0 Å². The SMILES string of the molecule is CC(=CC=Cc1ccccc1)C(=O)O[C@@H]1C[C@H](C)CC[C@H]1C(C)C. The first-order chi connectivity index (χ1) is 11.5. The Hall–Kier alpha value is -1.83. The van der Waals surface area contributed by atoms with Gasteiger partial charge in [0.15, 0.2) is 0 Å². The zero-order valence-corrected chi connectivity index (χ0v) is 15.4. The van der Waals surface area contributed by atoms with Crippen LogP contribution in [0.4, 0.5) is 0 Å². The monoisotopic (exact) mass is 326 g/mol. The average Bonchev–Trinajstić information content (AvgIpc) is 2.55. The molecule has 1 aliphatic carbocycles. The van der Waals surface area contributed by atoms with Crippen LogP contribution in [-0.4, -0.2) is 12.1 Å². The highest BCUT2D eigenvalue weighted by Gasteiger charge is 2.33. The highest BCUT2D eigenvalue weighted by Crippen LogP contribution is 2.35. The van der Waals surface area contributed by atoms with Crippen LogP contribution in [0, 0.1) is 17.8 Å². The van der Waals surface area contributed by atoms with Crippen molar-refractivity contribution >= 4 is 12.0 Å². The summed E-state index contributed by atoms with van der Waals surface area (Å²) in [6.07, 6.45) is 9.20. The highest BCUT2D eigenvalue weighted by molar-refractivity contribution is 5.88. The Kier molecular flexibility index (Phi) is 6.84. The molecular weight excluding hydrogens is 296 g/mol. The fraction of sp³-hybridized carbons (Fsp3) is 0.500. The molecule has 2 nitrogen and oxygen atoms in total. The number of ether oxygens (including phenoxy) is 1. The van der Waals surface area contributed by atoms with Crippen LogP contribution in [0.15, 0.2) is 48.1 Å². The fourth-order valence-electron chi connectivity index (χ4n) is 3.42. The van der Waals surface area contributed by atoms with E-state index in [9.17, 15) is 4.79 Å². The minimum Gasteiger partial charge on any atom is -0.459 e. The second kappa shape index (κ2) is 8.86. The van der Waals surface area contributed by atoms with Crippen LogP contribution in [-0.2, 0) is 9.53 Å². The molecular formula is C22H30O2. The van der Waals surface area contributed by atoms with Crippen LogP contribution >= 0.6 is 0 Å². The lowest BCUT2D eigenvalue weighted by Crippen LogP contribution is -2.36. The van der Waals surface area contributed by atoms with E-state index in [1.807, 2.05) is 55.5 Å². The molecule has 24 heavy (non-hydrogen) atoms. The zero-order valence-electron chi connectivity index (χ0n) is 15.4. The number of esters is 1. The van der Waals surface area contributed by atoms with Crippen molar-refractivity contribution in [2.24, 2.45) is 17.8 Å². The van der Waals surface area contributed by atoms with Crippen molar-refractivity contribution in [3.8, 4) is 0 Å². The van der Waals surface area contributed by atoms with E-state index < -0.39 is 0 Å². The second-order valence-corrected chi connectivity index (χ2v) is 7.39. The van der Waals surface area contributed by atoms with Crippen LogP contribution < -0.4 is 0 Å². The maximum absolute atomic E-state index is 12.4. The molecule has 0 heterocycles. The van der Waals surface area contributed by atoms with Gasteiger partial charge >= 0.3 is 5.97 Å². The van der Waals surface area contributed by atoms with Crippen molar-refractivity contribution < 1.29 is 9.53 Å². The molecule has 1 aromatic carbocycles. The van der Waals surface area contributed by atoms with Crippen LogP contribution in [0.3, 0.4) is 0 Å². The molecule has 1 fully saturated rings. The summed E-state index contributed by atoms with van der Waals surface area (Å²) >= 11 is 0. The molecule has 0 N–H and O–H groups in total. The summed E-state index contributed by atoms with van der Waals surface area (Å²) < 4.78 is 5.86. The summed E-state index contributed by atoms with van der Waals surface area (Å²) in [6.45, 7) is 8.54. The van der Waals surface area contributed by atoms with E-state index in [-0.39, 0.29) is 12.1 Å². The molecule has 1 aromatic rings. The Labute approximate surface area is 146 Å². The summed E-state index contributed by atoms with van der Waals surface area (Å²) in [7, 11) is 0. The fourth-order valence-corrected chi connectivity index (χ4v) is 3.42. The van der Waals surface area contributed by atoms with Gasteiger partial charge in [-0.2, -0.15) is 0 Å². The van der Waals surface area contributed by atoms with Gasteiger partial charge < -0.3 is 4.74 Å². The third kappa shape index (κ3) is 5.36. The standard InChI is InChI=1S/C22H30O2/c1-16(2)20-14-13-17(3)15-21(20)24-22(23)18(4)9-8-12-19-10-6-5-7-11-19/h5-12,16-17,20-21H,13-15H2,1-4H3/t17-,20+,21-/m1/s1. The van der Waals surface area contributed by atoms with E-state index in [1.54, 1.807) is 0 Å². The normalized spacial score (nSPS) is 25.2. The van der Waals surface area contributed by atoms with E-state index in [0.29, 0.717) is 23.3 Å². The molecule has 3 atom stereocenters. The Morgan fingerprint density at radius 2 is 1.92 bits per heavy atom. The molecule has 0 amide bonds. The minimum atomic E-state index is -0.183. The first kappa shape index (κ1) is 18.5. The smallest absolute Gasteiger partial charge is 0.333 e. The molecule has 2 heteroatoms. The predicted molar refractivity (Wildman–Crippen MR) is 100 cm³/mol. The van der Waals surface area contributed by atoms with Gasteiger partial charge in [-0.15, -0.1) is 0 Å². The van der Waals surface area contributed by atoms with Gasteiger partial charge in [0.05, 0.1) is 0 Å². The minimum absolute atomic E-state index is 0.0581. The molecule has 0 saturated heterocycles. The summed E-state index contributed by atoms with van der Waals surface area (Å²) in [4.78, 5) is 12.4. The first-order valence-corrected chi connectivity index (χ1v) is 9.08. The van der Waals surface area contributed by atoms with Crippen molar-refractivity contribution in [2.45, 2.75) is 53.1 Å². The molecule has 0 aliphatic heterocycles. The lowest BCUT2D eigenvalue weighted by Gasteiger charge is -2.36. The van der Waals surface area contributed by atoms with Crippen molar-refractivity contribution in [2.75, 3.05) is 0 Å². The number of rotatable bonds is 5. The molecule has 130 valence electrons. The van der Waals surface area contributed by atoms with Crippen molar-refractivity contribution in [3.63, 3.8) is 0 Å². The molecule has 1 aliphatic rings. The summed E-state index contributed by atoms with van der Waals surface area (Å²) in [6, 6.07) is 10.1. The molecule has 0 unspecified atom stereocenters. The van der Waals surface area contributed by atoms with Crippen LogP contribution in [0.2, 0.25) is 0 Å².